The van der Waals surface area contributed by atoms with Gasteiger partial charge in [-0.1, -0.05) is 55.2 Å². The van der Waals surface area contributed by atoms with Crippen LogP contribution in [0, 0.1) is 0 Å². The number of benzene rings is 2. The van der Waals surface area contributed by atoms with Gasteiger partial charge in [0.05, 0.1) is 21.8 Å². The number of thiocarbonyl (C=S) groups is 1. The van der Waals surface area contributed by atoms with Gasteiger partial charge in [0, 0.05) is 17.4 Å². The van der Waals surface area contributed by atoms with E-state index in [0.29, 0.717) is 26.8 Å². The minimum absolute atomic E-state index is 0.175. The molecular formula is C27H23Cl2N3OS. The van der Waals surface area contributed by atoms with Crippen molar-refractivity contribution in [1.29, 1.82) is 0 Å². The average Bonchev–Trinajstić information content (AvgIpc) is 3.46. The number of hydrogen-bond acceptors (Lipinski definition) is 3. The van der Waals surface area contributed by atoms with Gasteiger partial charge in [-0.3, -0.25) is 4.98 Å². The molecule has 0 spiro atoms. The van der Waals surface area contributed by atoms with Crippen molar-refractivity contribution in [3.8, 4) is 11.3 Å². The van der Waals surface area contributed by atoms with Crippen LogP contribution in [0.15, 0.2) is 83.4 Å². The van der Waals surface area contributed by atoms with Crippen molar-refractivity contribution in [3.63, 3.8) is 0 Å². The molecule has 1 aliphatic heterocycles. The first kappa shape index (κ1) is 22.9. The zero-order valence-corrected chi connectivity index (χ0v) is 21.0. The van der Waals surface area contributed by atoms with E-state index in [1.54, 1.807) is 12.3 Å². The van der Waals surface area contributed by atoms with Gasteiger partial charge >= 0.3 is 0 Å². The molecule has 2 unspecified atom stereocenters. The van der Waals surface area contributed by atoms with E-state index in [4.69, 9.17) is 39.8 Å². The summed E-state index contributed by atoms with van der Waals surface area (Å²) in [6.45, 7) is 4.37. The summed E-state index contributed by atoms with van der Waals surface area (Å²) < 4.78 is 6.39. The molecule has 1 fully saturated rings. The molecule has 4 nitrogen and oxygen atoms in total. The molecule has 2 aromatic carbocycles. The van der Waals surface area contributed by atoms with Gasteiger partial charge in [0.1, 0.15) is 17.6 Å². The monoisotopic (exact) mass is 507 g/mol. The first-order valence-corrected chi connectivity index (χ1v) is 12.2. The molecule has 2 atom stereocenters. The SMILES string of the molecule is CC(C)c1ccc(N2C(=S)NC(c3ccccn3)C2c2ccc(-c3ccc(Cl)c(Cl)c3)o2)cc1. The number of hydrogen-bond donors (Lipinski definition) is 1. The Labute approximate surface area is 214 Å². The quantitative estimate of drug-likeness (QED) is 0.277. The lowest BCUT2D eigenvalue weighted by Gasteiger charge is -2.26. The Morgan fingerprint density at radius 1 is 0.971 bits per heavy atom. The third kappa shape index (κ3) is 4.31. The zero-order valence-electron chi connectivity index (χ0n) is 18.7. The minimum Gasteiger partial charge on any atom is -0.459 e. The highest BCUT2D eigenvalue weighted by atomic mass is 35.5. The highest BCUT2D eigenvalue weighted by Crippen LogP contribution is 2.43. The largest absolute Gasteiger partial charge is 0.459 e. The lowest BCUT2D eigenvalue weighted by atomic mass is 10.0. The van der Waals surface area contributed by atoms with Gasteiger partial charge in [0.25, 0.3) is 0 Å². The van der Waals surface area contributed by atoms with E-state index in [-0.39, 0.29) is 12.1 Å². The summed E-state index contributed by atoms with van der Waals surface area (Å²) >= 11 is 18.1. The topological polar surface area (TPSA) is 41.3 Å². The summed E-state index contributed by atoms with van der Waals surface area (Å²) in [6.07, 6.45) is 1.79. The van der Waals surface area contributed by atoms with Gasteiger partial charge < -0.3 is 14.6 Å². The maximum atomic E-state index is 6.39. The smallest absolute Gasteiger partial charge is 0.174 e. The molecule has 0 radical (unpaired) electrons. The number of rotatable bonds is 5. The molecule has 34 heavy (non-hydrogen) atoms. The maximum Gasteiger partial charge on any atom is 0.174 e. The van der Waals surface area contributed by atoms with Crippen molar-refractivity contribution in [1.82, 2.24) is 10.3 Å². The van der Waals surface area contributed by atoms with Crippen LogP contribution in [0.25, 0.3) is 11.3 Å². The van der Waals surface area contributed by atoms with Crippen LogP contribution in [0.5, 0.6) is 0 Å². The Hall–Kier alpha value is -2.86. The molecule has 0 amide bonds. The van der Waals surface area contributed by atoms with E-state index >= 15 is 0 Å². The highest BCUT2D eigenvalue weighted by Gasteiger charge is 2.42. The zero-order chi connectivity index (χ0) is 23.8. The number of pyridine rings is 1. The van der Waals surface area contributed by atoms with E-state index in [1.165, 1.54) is 5.56 Å². The van der Waals surface area contributed by atoms with E-state index in [2.05, 4.69) is 53.3 Å². The minimum atomic E-state index is -0.219. The van der Waals surface area contributed by atoms with Gasteiger partial charge in [0.2, 0.25) is 0 Å². The number of furan rings is 1. The van der Waals surface area contributed by atoms with Crippen LogP contribution in [0.3, 0.4) is 0 Å². The van der Waals surface area contributed by atoms with Crippen molar-refractivity contribution in [2.75, 3.05) is 4.90 Å². The lowest BCUT2D eigenvalue weighted by Crippen LogP contribution is -2.29. The van der Waals surface area contributed by atoms with Gasteiger partial charge in [-0.25, -0.2) is 0 Å². The summed E-state index contributed by atoms with van der Waals surface area (Å²) in [5.41, 5.74) is 4.03. The van der Waals surface area contributed by atoms with Gasteiger partial charge in [0.15, 0.2) is 5.11 Å². The van der Waals surface area contributed by atoms with Crippen LogP contribution in [0.4, 0.5) is 5.69 Å². The van der Waals surface area contributed by atoms with Crippen LogP contribution in [0.2, 0.25) is 10.0 Å². The fourth-order valence-electron chi connectivity index (χ4n) is 4.26. The Morgan fingerprint density at radius 2 is 1.76 bits per heavy atom. The molecule has 1 N–H and O–H groups in total. The number of anilines is 1. The molecule has 0 aliphatic carbocycles. The molecule has 172 valence electrons. The van der Waals surface area contributed by atoms with Gasteiger partial charge in [-0.15, -0.1) is 0 Å². The second-order valence-electron chi connectivity index (χ2n) is 8.57. The second kappa shape index (κ2) is 9.41. The summed E-state index contributed by atoms with van der Waals surface area (Å²) in [6, 6.07) is 23.4. The Balaban J connectivity index is 1.57. The van der Waals surface area contributed by atoms with Crippen LogP contribution in [0.1, 0.15) is 48.9 Å². The number of nitrogens with one attached hydrogen (secondary N) is 1. The van der Waals surface area contributed by atoms with E-state index in [1.807, 2.05) is 42.5 Å². The third-order valence-electron chi connectivity index (χ3n) is 6.06. The van der Waals surface area contributed by atoms with Crippen LogP contribution < -0.4 is 10.2 Å². The molecule has 3 heterocycles. The highest BCUT2D eigenvalue weighted by molar-refractivity contribution is 7.80. The second-order valence-corrected chi connectivity index (χ2v) is 9.77. The third-order valence-corrected chi connectivity index (χ3v) is 7.11. The Kier molecular flexibility index (Phi) is 6.34. The Bertz CT molecular complexity index is 1320. The molecule has 4 aromatic rings. The molecule has 1 saturated heterocycles. The van der Waals surface area contributed by atoms with E-state index in [0.717, 1.165) is 22.7 Å². The Morgan fingerprint density at radius 3 is 2.44 bits per heavy atom. The fraction of sp³-hybridized carbons (Fsp3) is 0.185. The van der Waals surface area contributed by atoms with Crippen LogP contribution in [-0.2, 0) is 0 Å². The van der Waals surface area contributed by atoms with Crippen molar-refractivity contribution in [3.05, 3.63) is 106 Å². The number of aromatic nitrogens is 1. The van der Waals surface area contributed by atoms with Crippen molar-refractivity contribution >= 4 is 46.2 Å². The molecule has 0 bridgehead atoms. The normalized spacial score (nSPS) is 17.9. The van der Waals surface area contributed by atoms with E-state index < -0.39 is 0 Å². The van der Waals surface area contributed by atoms with Gasteiger partial charge in [-0.2, -0.15) is 0 Å². The molecule has 0 saturated carbocycles. The number of halogens is 2. The fourth-order valence-corrected chi connectivity index (χ4v) is 4.90. The predicted octanol–water partition coefficient (Wildman–Crippen LogP) is 7.95. The van der Waals surface area contributed by atoms with Gasteiger partial charge in [-0.05, 0) is 78.3 Å². The molecule has 5 rings (SSSR count). The summed E-state index contributed by atoms with van der Waals surface area (Å²) in [4.78, 5) is 6.71. The van der Waals surface area contributed by atoms with Crippen LogP contribution >= 0.6 is 35.4 Å². The molecule has 7 heteroatoms. The summed E-state index contributed by atoms with van der Waals surface area (Å²) in [7, 11) is 0. The van der Waals surface area contributed by atoms with Crippen molar-refractivity contribution in [2.24, 2.45) is 0 Å². The first-order chi connectivity index (χ1) is 16.4. The van der Waals surface area contributed by atoms with Crippen molar-refractivity contribution < 1.29 is 4.42 Å². The average molecular weight is 508 g/mol. The molecular weight excluding hydrogens is 485 g/mol. The number of nitrogens with zero attached hydrogens (tertiary/aromatic N) is 2. The molecule has 1 aliphatic rings. The van der Waals surface area contributed by atoms with Crippen LogP contribution in [-0.4, -0.2) is 10.1 Å². The first-order valence-electron chi connectivity index (χ1n) is 11.1. The van der Waals surface area contributed by atoms with E-state index in [9.17, 15) is 0 Å². The summed E-state index contributed by atoms with van der Waals surface area (Å²) in [5, 5.41) is 5.09. The molecule has 2 aromatic heterocycles. The standard InChI is InChI=1S/C27H23Cl2N3OS/c1-16(2)17-6-9-19(10-7-17)32-26(25(31-27(32)34)22-5-3-4-14-30-22)24-13-12-23(33-24)18-8-11-20(28)21(29)15-18/h3-16,25-26H,1-2H3,(H,31,34). The maximum absolute atomic E-state index is 6.39. The van der Waals surface area contributed by atoms with Crippen molar-refractivity contribution in [2.45, 2.75) is 31.8 Å². The summed E-state index contributed by atoms with van der Waals surface area (Å²) in [5.74, 6) is 1.94. The lowest BCUT2D eigenvalue weighted by molar-refractivity contribution is 0.439. The predicted molar refractivity (Wildman–Crippen MR) is 143 cm³/mol.